The maximum absolute atomic E-state index is 5.53. The molecule has 0 saturated carbocycles. The van der Waals surface area contributed by atoms with Gasteiger partial charge in [0.1, 0.15) is 16.1 Å². The Morgan fingerprint density at radius 3 is 2.65 bits per heavy atom. The predicted octanol–water partition coefficient (Wildman–Crippen LogP) is 4.23. The Morgan fingerprint density at radius 2 is 2.12 bits per heavy atom. The van der Waals surface area contributed by atoms with Crippen LogP contribution in [0.25, 0.3) is 0 Å². The molecule has 0 spiro atoms. The van der Waals surface area contributed by atoms with Gasteiger partial charge in [0.25, 0.3) is 0 Å². The van der Waals surface area contributed by atoms with Gasteiger partial charge in [-0.3, -0.25) is 0 Å². The van der Waals surface area contributed by atoms with Crippen molar-refractivity contribution < 1.29 is 4.42 Å². The third-order valence-corrected chi connectivity index (χ3v) is 3.13. The molecule has 1 N–H and O–H groups in total. The number of anilines is 1. The zero-order chi connectivity index (χ0) is 12.4. The zero-order valence-electron chi connectivity index (χ0n) is 10.1. The highest BCUT2D eigenvalue weighted by molar-refractivity contribution is 9.10. The summed E-state index contributed by atoms with van der Waals surface area (Å²) in [5.74, 6) is 1.91. The van der Waals surface area contributed by atoms with E-state index in [1.807, 2.05) is 32.2 Å². The van der Waals surface area contributed by atoms with Crippen LogP contribution in [0, 0.1) is 13.8 Å². The molecule has 2 aromatic rings. The molecule has 0 aliphatic rings. The first-order chi connectivity index (χ1) is 8.06. The zero-order valence-corrected chi connectivity index (χ0v) is 11.7. The molecule has 3 nitrogen and oxygen atoms in total. The lowest BCUT2D eigenvalue weighted by Crippen LogP contribution is -2.06. The van der Waals surface area contributed by atoms with Crippen molar-refractivity contribution >= 4 is 21.6 Å². The van der Waals surface area contributed by atoms with E-state index in [1.165, 1.54) is 5.56 Å². The number of nitrogens with zero attached hydrogens (tertiary/aromatic N) is 1. The highest BCUT2D eigenvalue weighted by Gasteiger charge is 2.12. The second kappa shape index (κ2) is 4.92. The third-order valence-electron chi connectivity index (χ3n) is 2.66. The lowest BCUT2D eigenvalue weighted by atomic mass is 10.1. The van der Waals surface area contributed by atoms with Gasteiger partial charge in [0, 0.05) is 5.56 Å². The molecule has 0 radical (unpaired) electrons. The average molecular weight is 295 g/mol. The fourth-order valence-electron chi connectivity index (χ4n) is 1.87. The molecule has 0 fully saturated rings. The Hall–Kier alpha value is -1.29. The lowest BCUT2D eigenvalue weighted by molar-refractivity contribution is 0.500. The maximum atomic E-state index is 5.53. The van der Waals surface area contributed by atoms with Crippen molar-refractivity contribution in [2.45, 2.75) is 26.8 Å². The summed E-state index contributed by atoms with van der Waals surface area (Å²) in [6.45, 7) is 6.06. The number of pyridine rings is 1. The summed E-state index contributed by atoms with van der Waals surface area (Å²) in [5.41, 5.74) is 2.18. The monoisotopic (exact) mass is 294 g/mol. The molecule has 0 aliphatic carbocycles. The fourth-order valence-corrected chi connectivity index (χ4v) is 2.10. The van der Waals surface area contributed by atoms with Crippen LogP contribution in [-0.2, 0) is 0 Å². The van der Waals surface area contributed by atoms with Gasteiger partial charge < -0.3 is 9.73 Å². The quantitative estimate of drug-likeness (QED) is 0.861. The van der Waals surface area contributed by atoms with E-state index < -0.39 is 0 Å². The van der Waals surface area contributed by atoms with Crippen LogP contribution in [0.3, 0.4) is 0 Å². The van der Waals surface area contributed by atoms with Gasteiger partial charge in [-0.1, -0.05) is 0 Å². The summed E-state index contributed by atoms with van der Waals surface area (Å²) in [6, 6.07) is 6.19. The van der Waals surface area contributed by atoms with Crippen molar-refractivity contribution in [2.75, 3.05) is 5.32 Å². The molecular formula is C13H15BrN2O. The van der Waals surface area contributed by atoms with Crippen LogP contribution in [0.1, 0.15) is 30.0 Å². The Balaban J connectivity index is 2.14. The molecule has 90 valence electrons. The van der Waals surface area contributed by atoms with Crippen LogP contribution in [0.5, 0.6) is 0 Å². The van der Waals surface area contributed by atoms with E-state index in [2.05, 4.69) is 39.2 Å². The number of nitrogens with one attached hydrogen (secondary N) is 1. The van der Waals surface area contributed by atoms with Crippen LogP contribution < -0.4 is 5.32 Å². The second-order valence-electron chi connectivity index (χ2n) is 4.10. The summed E-state index contributed by atoms with van der Waals surface area (Å²) in [7, 11) is 0. The van der Waals surface area contributed by atoms with Gasteiger partial charge in [-0.2, -0.15) is 0 Å². The molecule has 1 unspecified atom stereocenters. The molecular weight excluding hydrogens is 280 g/mol. The van der Waals surface area contributed by atoms with Crippen molar-refractivity contribution in [1.29, 1.82) is 0 Å². The Bertz CT molecular complexity index is 505. The van der Waals surface area contributed by atoms with E-state index in [1.54, 1.807) is 0 Å². The topological polar surface area (TPSA) is 38.1 Å². The number of rotatable bonds is 3. The van der Waals surface area contributed by atoms with Crippen LogP contribution >= 0.6 is 15.9 Å². The summed E-state index contributed by atoms with van der Waals surface area (Å²) in [5, 5.41) is 3.40. The molecule has 2 aromatic heterocycles. The first-order valence-electron chi connectivity index (χ1n) is 5.51. The number of halogens is 1. The van der Waals surface area contributed by atoms with Crippen molar-refractivity contribution in [1.82, 2.24) is 4.98 Å². The van der Waals surface area contributed by atoms with E-state index in [4.69, 9.17) is 4.42 Å². The first-order valence-corrected chi connectivity index (χ1v) is 6.30. The molecule has 2 rings (SSSR count). The highest BCUT2D eigenvalue weighted by Crippen LogP contribution is 2.24. The number of furan rings is 1. The predicted molar refractivity (Wildman–Crippen MR) is 72.2 cm³/mol. The highest BCUT2D eigenvalue weighted by atomic mass is 79.9. The molecule has 4 heteroatoms. The molecule has 0 aromatic carbocycles. The summed E-state index contributed by atoms with van der Waals surface area (Å²) >= 11 is 3.32. The normalized spacial score (nSPS) is 12.5. The summed E-state index contributed by atoms with van der Waals surface area (Å²) in [6.07, 6.45) is 1.81. The van der Waals surface area contributed by atoms with Crippen molar-refractivity contribution in [3.8, 4) is 0 Å². The summed E-state index contributed by atoms with van der Waals surface area (Å²) < 4.78 is 6.37. The first kappa shape index (κ1) is 12.2. The molecule has 2 heterocycles. The molecule has 0 aliphatic heterocycles. The fraction of sp³-hybridized carbons (Fsp3) is 0.308. The van der Waals surface area contributed by atoms with E-state index in [0.717, 1.165) is 21.8 Å². The van der Waals surface area contributed by atoms with E-state index in [0.29, 0.717) is 0 Å². The molecule has 0 bridgehead atoms. The van der Waals surface area contributed by atoms with E-state index in [-0.39, 0.29) is 6.04 Å². The minimum absolute atomic E-state index is 0.204. The molecule has 0 saturated heterocycles. The van der Waals surface area contributed by atoms with E-state index in [9.17, 15) is 0 Å². The average Bonchev–Trinajstić information content (AvgIpc) is 2.61. The molecule has 17 heavy (non-hydrogen) atoms. The van der Waals surface area contributed by atoms with Gasteiger partial charge in [0.2, 0.25) is 0 Å². The smallest absolute Gasteiger partial charge is 0.106 e. The maximum Gasteiger partial charge on any atom is 0.106 e. The number of hydrogen-bond acceptors (Lipinski definition) is 3. The van der Waals surface area contributed by atoms with Gasteiger partial charge in [-0.25, -0.2) is 4.98 Å². The number of aryl methyl sites for hydroxylation is 2. The minimum Gasteiger partial charge on any atom is -0.466 e. The standard InChI is InChI=1S/C13H15BrN2O/c1-8-6-12(10(3)17-8)9(2)16-11-4-5-13(14)15-7-11/h4-7,9,16H,1-3H3. The lowest BCUT2D eigenvalue weighted by Gasteiger charge is -2.14. The number of hydrogen-bond donors (Lipinski definition) is 1. The third kappa shape index (κ3) is 2.88. The van der Waals surface area contributed by atoms with E-state index >= 15 is 0 Å². The van der Waals surface area contributed by atoms with Gasteiger partial charge in [-0.05, 0) is 54.9 Å². The van der Waals surface area contributed by atoms with Gasteiger partial charge in [0.05, 0.1) is 17.9 Å². The van der Waals surface area contributed by atoms with Crippen LogP contribution in [0.4, 0.5) is 5.69 Å². The molecule has 1 atom stereocenters. The van der Waals surface area contributed by atoms with Crippen molar-refractivity contribution in [3.63, 3.8) is 0 Å². The van der Waals surface area contributed by atoms with Gasteiger partial charge in [0.15, 0.2) is 0 Å². The SMILES string of the molecule is Cc1cc(C(C)Nc2ccc(Br)nc2)c(C)o1. The van der Waals surface area contributed by atoms with Crippen LogP contribution in [0.15, 0.2) is 33.4 Å². The van der Waals surface area contributed by atoms with Crippen molar-refractivity contribution in [2.24, 2.45) is 0 Å². The summed E-state index contributed by atoms with van der Waals surface area (Å²) in [4.78, 5) is 4.18. The Morgan fingerprint density at radius 1 is 1.35 bits per heavy atom. The second-order valence-corrected chi connectivity index (χ2v) is 4.92. The minimum atomic E-state index is 0.204. The number of aromatic nitrogens is 1. The largest absolute Gasteiger partial charge is 0.466 e. The Labute approximate surface area is 109 Å². The Kier molecular flexibility index (Phi) is 3.52. The van der Waals surface area contributed by atoms with Crippen LogP contribution in [0.2, 0.25) is 0 Å². The molecule has 0 amide bonds. The van der Waals surface area contributed by atoms with Gasteiger partial charge in [-0.15, -0.1) is 0 Å². The van der Waals surface area contributed by atoms with Crippen LogP contribution in [-0.4, -0.2) is 4.98 Å². The van der Waals surface area contributed by atoms with Crippen molar-refractivity contribution in [3.05, 3.63) is 46.1 Å². The van der Waals surface area contributed by atoms with Gasteiger partial charge >= 0.3 is 0 Å².